The van der Waals surface area contributed by atoms with Crippen molar-refractivity contribution in [3.63, 3.8) is 0 Å². The van der Waals surface area contributed by atoms with Crippen molar-refractivity contribution < 1.29 is 0 Å². The van der Waals surface area contributed by atoms with Crippen LogP contribution in [-0.4, -0.2) is 9.13 Å². The van der Waals surface area contributed by atoms with Crippen molar-refractivity contribution in [2.75, 3.05) is 0 Å². The van der Waals surface area contributed by atoms with Crippen LogP contribution in [0.25, 0.3) is 88.4 Å². The number of hydrogen-bond acceptors (Lipinski definition) is 0. The summed E-state index contributed by atoms with van der Waals surface area (Å²) in [7, 11) is 0. The summed E-state index contributed by atoms with van der Waals surface area (Å²) in [5, 5.41) is 5.11. The average molecular weight is 559 g/mol. The molecule has 0 aliphatic carbocycles. The SMILES string of the molecule is c1ccc(-c2cccc(-n3c4ccccc4c4cc5c(cc43)-c3cccc4c6ccccc6n(c34)-c3ccccc3-5)c2)cc1. The van der Waals surface area contributed by atoms with E-state index in [2.05, 4.69) is 167 Å². The van der Waals surface area contributed by atoms with Gasteiger partial charge in [-0.3, -0.25) is 0 Å². The lowest BCUT2D eigenvalue weighted by Gasteiger charge is -2.14. The quantitative estimate of drug-likeness (QED) is 0.200. The van der Waals surface area contributed by atoms with Crippen LogP contribution in [0.5, 0.6) is 0 Å². The standard InChI is InChI=1S/C42H26N2/c1-2-12-27(13-3-1)28-14-10-15-29(24-28)43-38-21-7-6-18-32(38)37-25-35-31-17-5-9-23-40(31)44-39-22-8-4-16-30(39)33-19-11-20-34(42(33)44)36(35)26-41(37)43/h1-26H. The molecule has 2 nitrogen and oxygen atoms in total. The predicted molar refractivity (Wildman–Crippen MR) is 185 cm³/mol. The third kappa shape index (κ3) is 3.14. The lowest BCUT2D eigenvalue weighted by atomic mass is 9.92. The minimum Gasteiger partial charge on any atom is -0.309 e. The Kier molecular flexibility index (Phi) is 4.75. The fourth-order valence-electron chi connectivity index (χ4n) is 7.58. The van der Waals surface area contributed by atoms with Gasteiger partial charge in [-0.05, 0) is 64.7 Å². The molecule has 0 unspecified atom stereocenters. The molecule has 2 aromatic heterocycles. The summed E-state index contributed by atoms with van der Waals surface area (Å²) in [5.41, 5.74) is 14.8. The first kappa shape index (κ1) is 23.7. The lowest BCUT2D eigenvalue weighted by molar-refractivity contribution is 1.18. The van der Waals surface area contributed by atoms with E-state index >= 15 is 0 Å². The molecule has 7 aromatic carbocycles. The van der Waals surface area contributed by atoms with Gasteiger partial charge in [0.05, 0.1) is 27.8 Å². The van der Waals surface area contributed by atoms with E-state index in [-0.39, 0.29) is 0 Å². The Morgan fingerprint density at radius 1 is 0.318 bits per heavy atom. The van der Waals surface area contributed by atoms with Gasteiger partial charge in [-0.25, -0.2) is 0 Å². The van der Waals surface area contributed by atoms with Crippen LogP contribution >= 0.6 is 0 Å². The molecule has 9 aromatic rings. The van der Waals surface area contributed by atoms with Gasteiger partial charge in [0.15, 0.2) is 0 Å². The first-order valence-electron chi connectivity index (χ1n) is 15.2. The first-order chi connectivity index (χ1) is 21.8. The third-order valence-corrected chi connectivity index (χ3v) is 9.44. The average Bonchev–Trinajstić information content (AvgIpc) is 3.57. The van der Waals surface area contributed by atoms with E-state index in [1.165, 1.54) is 88.4 Å². The van der Waals surface area contributed by atoms with Crippen molar-refractivity contribution in [2.45, 2.75) is 0 Å². The summed E-state index contributed by atoms with van der Waals surface area (Å²) in [5.74, 6) is 0. The van der Waals surface area contributed by atoms with Crippen LogP contribution in [0.15, 0.2) is 158 Å². The van der Waals surface area contributed by atoms with Gasteiger partial charge in [-0.15, -0.1) is 0 Å². The summed E-state index contributed by atoms with van der Waals surface area (Å²) in [4.78, 5) is 0. The fourth-order valence-corrected chi connectivity index (χ4v) is 7.58. The van der Waals surface area contributed by atoms with Crippen LogP contribution in [0, 0.1) is 0 Å². The largest absolute Gasteiger partial charge is 0.309 e. The van der Waals surface area contributed by atoms with Crippen molar-refractivity contribution >= 4 is 43.6 Å². The second kappa shape index (κ2) is 8.82. The maximum absolute atomic E-state index is 2.48. The Morgan fingerprint density at radius 2 is 0.932 bits per heavy atom. The smallest absolute Gasteiger partial charge is 0.0619 e. The number of nitrogens with zero attached hydrogens (tertiary/aromatic N) is 2. The molecule has 0 fully saturated rings. The highest BCUT2D eigenvalue weighted by molar-refractivity contribution is 6.19. The Hall–Kier alpha value is -5.86. The summed E-state index contributed by atoms with van der Waals surface area (Å²) in [6.07, 6.45) is 0. The molecule has 1 aliphatic heterocycles. The van der Waals surface area contributed by atoms with Crippen molar-refractivity contribution in [1.82, 2.24) is 9.13 Å². The van der Waals surface area contributed by atoms with Gasteiger partial charge in [0.25, 0.3) is 0 Å². The van der Waals surface area contributed by atoms with Crippen LogP contribution in [0.3, 0.4) is 0 Å². The molecule has 0 bridgehead atoms. The Morgan fingerprint density at radius 3 is 1.80 bits per heavy atom. The van der Waals surface area contributed by atoms with Crippen molar-refractivity contribution in [3.8, 4) is 44.8 Å². The number of fused-ring (bicyclic) bond motifs is 11. The Labute approximate surface area is 254 Å². The van der Waals surface area contributed by atoms with Crippen LogP contribution in [-0.2, 0) is 0 Å². The van der Waals surface area contributed by atoms with E-state index in [1.54, 1.807) is 0 Å². The molecule has 0 saturated heterocycles. The Balaban J connectivity index is 1.35. The van der Waals surface area contributed by atoms with Crippen molar-refractivity contribution in [3.05, 3.63) is 158 Å². The normalized spacial score (nSPS) is 12.1. The predicted octanol–water partition coefficient (Wildman–Crippen LogP) is 11.2. The fraction of sp³-hybridized carbons (Fsp3) is 0. The molecule has 10 rings (SSSR count). The van der Waals surface area contributed by atoms with Crippen molar-refractivity contribution in [2.24, 2.45) is 0 Å². The maximum atomic E-state index is 2.48. The van der Waals surface area contributed by atoms with Crippen LogP contribution < -0.4 is 0 Å². The molecule has 1 aliphatic rings. The van der Waals surface area contributed by atoms with Gasteiger partial charge in [0, 0.05) is 38.4 Å². The van der Waals surface area contributed by atoms with Crippen molar-refractivity contribution in [1.29, 1.82) is 0 Å². The monoisotopic (exact) mass is 558 g/mol. The maximum Gasteiger partial charge on any atom is 0.0619 e. The highest BCUT2D eigenvalue weighted by Crippen LogP contribution is 2.49. The van der Waals surface area contributed by atoms with Crippen LogP contribution in [0.4, 0.5) is 0 Å². The van der Waals surface area contributed by atoms with E-state index in [1.807, 2.05) is 0 Å². The summed E-state index contributed by atoms with van der Waals surface area (Å²) in [6.45, 7) is 0. The van der Waals surface area contributed by atoms with Gasteiger partial charge in [-0.1, -0.05) is 115 Å². The second-order valence-electron chi connectivity index (χ2n) is 11.8. The number of aromatic nitrogens is 2. The van der Waals surface area contributed by atoms with Crippen LogP contribution in [0.1, 0.15) is 0 Å². The highest BCUT2D eigenvalue weighted by Gasteiger charge is 2.26. The minimum absolute atomic E-state index is 1.17. The minimum atomic E-state index is 1.17. The zero-order chi connectivity index (χ0) is 28.8. The first-order valence-corrected chi connectivity index (χ1v) is 15.2. The Bertz CT molecular complexity index is 2600. The zero-order valence-electron chi connectivity index (χ0n) is 23.9. The summed E-state index contributed by atoms with van der Waals surface area (Å²) < 4.78 is 4.93. The third-order valence-electron chi connectivity index (χ3n) is 9.44. The van der Waals surface area contributed by atoms with E-state index < -0.39 is 0 Å². The number of benzene rings is 7. The molecule has 0 spiro atoms. The molecule has 0 amide bonds. The molecule has 2 heteroatoms. The molecule has 3 heterocycles. The van der Waals surface area contributed by atoms with E-state index in [0.717, 1.165) is 0 Å². The van der Waals surface area contributed by atoms with Gasteiger partial charge in [-0.2, -0.15) is 0 Å². The molecule has 0 atom stereocenters. The number of hydrogen-bond donors (Lipinski definition) is 0. The zero-order valence-corrected chi connectivity index (χ0v) is 23.9. The lowest BCUT2D eigenvalue weighted by Crippen LogP contribution is -1.95. The molecule has 44 heavy (non-hydrogen) atoms. The van der Waals surface area contributed by atoms with E-state index in [9.17, 15) is 0 Å². The number of para-hydroxylation sites is 4. The van der Waals surface area contributed by atoms with Gasteiger partial charge < -0.3 is 9.13 Å². The van der Waals surface area contributed by atoms with Gasteiger partial charge in [0.2, 0.25) is 0 Å². The molecule has 0 saturated carbocycles. The van der Waals surface area contributed by atoms with E-state index in [0.29, 0.717) is 0 Å². The molecule has 0 radical (unpaired) electrons. The van der Waals surface area contributed by atoms with Gasteiger partial charge >= 0.3 is 0 Å². The topological polar surface area (TPSA) is 9.86 Å². The molecular weight excluding hydrogens is 532 g/mol. The molecule has 0 N–H and O–H groups in total. The number of rotatable bonds is 2. The summed E-state index contributed by atoms with van der Waals surface area (Å²) in [6, 6.07) is 57.8. The second-order valence-corrected chi connectivity index (χ2v) is 11.8. The summed E-state index contributed by atoms with van der Waals surface area (Å²) >= 11 is 0. The molecule has 204 valence electrons. The molecular formula is C42H26N2. The van der Waals surface area contributed by atoms with E-state index in [4.69, 9.17) is 0 Å². The highest BCUT2D eigenvalue weighted by atomic mass is 15.0. The van der Waals surface area contributed by atoms with Crippen LogP contribution in [0.2, 0.25) is 0 Å². The van der Waals surface area contributed by atoms with Gasteiger partial charge in [0.1, 0.15) is 0 Å².